The lowest BCUT2D eigenvalue weighted by Crippen LogP contribution is -2.39. The Balaban J connectivity index is 1.47. The highest BCUT2D eigenvalue weighted by molar-refractivity contribution is 9.10. The molecule has 0 spiro atoms. The largest absolute Gasteiger partial charge is 0.490 e. The Morgan fingerprint density at radius 3 is 2.51 bits per heavy atom. The first-order valence-electron chi connectivity index (χ1n) is 13.9. The number of non-ortho nitro benzene ring substituents is 1. The number of nitrogens with zero attached hydrogens (tertiary/aromatic N) is 3. The summed E-state index contributed by atoms with van der Waals surface area (Å²) in [4.78, 5) is 42.6. The van der Waals surface area contributed by atoms with Crippen LogP contribution in [-0.2, 0) is 16.1 Å². The number of halogens is 1. The number of carbonyl (C=O) groups excluding carboxylic acids is 1. The van der Waals surface area contributed by atoms with Crippen LogP contribution in [0.25, 0.3) is 6.08 Å². The fourth-order valence-corrected chi connectivity index (χ4v) is 6.32. The number of allylic oxidation sites excluding steroid dienone is 1. The molecule has 45 heavy (non-hydrogen) atoms. The zero-order valence-corrected chi connectivity index (χ0v) is 26.8. The number of nitro groups is 1. The molecule has 0 bridgehead atoms. The van der Waals surface area contributed by atoms with E-state index in [2.05, 4.69) is 27.5 Å². The molecular weight excluding hydrogens is 662 g/mol. The van der Waals surface area contributed by atoms with E-state index in [9.17, 15) is 19.7 Å². The van der Waals surface area contributed by atoms with Crippen LogP contribution >= 0.6 is 27.3 Å². The summed E-state index contributed by atoms with van der Waals surface area (Å²) in [6.45, 7) is 7.89. The van der Waals surface area contributed by atoms with Gasteiger partial charge in [0.25, 0.3) is 11.2 Å². The van der Waals surface area contributed by atoms with E-state index in [0.29, 0.717) is 48.7 Å². The molecule has 0 unspecified atom stereocenters. The summed E-state index contributed by atoms with van der Waals surface area (Å²) < 4.78 is 19.5. The third-order valence-corrected chi connectivity index (χ3v) is 8.48. The van der Waals surface area contributed by atoms with Gasteiger partial charge < -0.3 is 14.2 Å². The maximum atomic E-state index is 13.9. The quantitative estimate of drug-likeness (QED) is 0.0868. The molecule has 0 radical (unpaired) electrons. The second-order valence-electron chi connectivity index (χ2n) is 9.87. The van der Waals surface area contributed by atoms with E-state index in [-0.39, 0.29) is 24.5 Å². The molecule has 2 heterocycles. The number of nitro benzene ring substituents is 1. The molecular formula is C33H28BrN3O7S. The standard InChI is InChI=1S/C33H28BrN3O7S/c1-4-16-43-25-13-9-23(10-14-25)30-29(32(39)42-5-2)20(3)35-33-36(30)31(38)28(45-33)18-22-8-15-27(26(34)17-22)44-19-21-6-11-24(12-7-21)37(40)41/h4,6-15,17-18,30H,1,5,16,19H2,2-3H3/b28-18-/t30-/m0/s1. The Kier molecular flexibility index (Phi) is 9.74. The fourth-order valence-electron chi connectivity index (χ4n) is 4.76. The average molecular weight is 691 g/mol. The predicted octanol–water partition coefficient (Wildman–Crippen LogP) is 5.61. The van der Waals surface area contributed by atoms with Crippen LogP contribution in [0.4, 0.5) is 5.69 Å². The molecule has 0 fully saturated rings. The van der Waals surface area contributed by atoms with Gasteiger partial charge in [-0.3, -0.25) is 19.5 Å². The van der Waals surface area contributed by atoms with Gasteiger partial charge in [-0.05, 0) is 88.9 Å². The van der Waals surface area contributed by atoms with Crippen LogP contribution in [0.5, 0.6) is 11.5 Å². The minimum Gasteiger partial charge on any atom is -0.490 e. The van der Waals surface area contributed by atoms with Crippen LogP contribution in [-0.4, -0.2) is 28.7 Å². The number of carbonyl (C=O) groups is 1. The number of hydrogen-bond acceptors (Lipinski definition) is 9. The summed E-state index contributed by atoms with van der Waals surface area (Å²) in [6, 6.07) is 18.1. The van der Waals surface area contributed by atoms with Crippen molar-refractivity contribution in [3.63, 3.8) is 0 Å². The number of hydrogen-bond donors (Lipinski definition) is 0. The van der Waals surface area contributed by atoms with E-state index >= 15 is 0 Å². The number of benzene rings is 3. The van der Waals surface area contributed by atoms with Gasteiger partial charge in [-0.15, -0.1) is 0 Å². The second-order valence-corrected chi connectivity index (χ2v) is 11.7. The van der Waals surface area contributed by atoms with Crippen LogP contribution in [0.15, 0.2) is 105 Å². The SMILES string of the molecule is C=CCOc1ccc([C@H]2C(C(=O)OCC)=C(C)N=c3s/c(=C\c4ccc(OCc5ccc([N+](=O)[O-])cc5)c(Br)c4)c(=O)n32)cc1. The highest BCUT2D eigenvalue weighted by Crippen LogP contribution is 2.32. The third kappa shape index (κ3) is 6.97. The molecule has 1 aliphatic heterocycles. The van der Waals surface area contributed by atoms with Gasteiger partial charge in [0.2, 0.25) is 0 Å². The van der Waals surface area contributed by atoms with E-state index in [1.807, 2.05) is 24.3 Å². The Hall–Kier alpha value is -4.81. The molecule has 0 amide bonds. The number of ether oxygens (including phenoxy) is 3. The summed E-state index contributed by atoms with van der Waals surface area (Å²) in [6.07, 6.45) is 3.42. The van der Waals surface area contributed by atoms with Gasteiger partial charge in [0, 0.05) is 12.1 Å². The number of fused-ring (bicyclic) bond motifs is 1. The highest BCUT2D eigenvalue weighted by atomic mass is 79.9. The molecule has 12 heteroatoms. The van der Waals surface area contributed by atoms with Crippen LogP contribution in [0.2, 0.25) is 0 Å². The van der Waals surface area contributed by atoms with E-state index in [1.54, 1.807) is 56.3 Å². The van der Waals surface area contributed by atoms with Gasteiger partial charge in [-0.25, -0.2) is 9.79 Å². The van der Waals surface area contributed by atoms with Crippen molar-refractivity contribution >= 4 is 45.0 Å². The summed E-state index contributed by atoms with van der Waals surface area (Å²) in [7, 11) is 0. The van der Waals surface area contributed by atoms with Crippen molar-refractivity contribution in [2.75, 3.05) is 13.2 Å². The Labute approximate surface area is 270 Å². The average Bonchev–Trinajstić information content (AvgIpc) is 3.33. The smallest absolute Gasteiger partial charge is 0.338 e. The highest BCUT2D eigenvalue weighted by Gasteiger charge is 2.33. The lowest BCUT2D eigenvalue weighted by Gasteiger charge is -2.24. The van der Waals surface area contributed by atoms with Gasteiger partial charge >= 0.3 is 5.97 Å². The molecule has 230 valence electrons. The second kappa shape index (κ2) is 13.9. The first-order valence-corrected chi connectivity index (χ1v) is 15.5. The number of aromatic nitrogens is 1. The Morgan fingerprint density at radius 2 is 1.87 bits per heavy atom. The zero-order valence-electron chi connectivity index (χ0n) is 24.4. The van der Waals surface area contributed by atoms with Crippen molar-refractivity contribution in [1.29, 1.82) is 0 Å². The van der Waals surface area contributed by atoms with E-state index in [1.165, 1.54) is 28.0 Å². The summed E-state index contributed by atoms with van der Waals surface area (Å²) in [5, 5.41) is 10.9. The molecule has 3 aromatic carbocycles. The lowest BCUT2D eigenvalue weighted by atomic mass is 9.96. The molecule has 5 rings (SSSR count). The minimum absolute atomic E-state index is 0.0138. The van der Waals surface area contributed by atoms with Gasteiger partial charge in [0.15, 0.2) is 4.80 Å². The van der Waals surface area contributed by atoms with Crippen LogP contribution in [0.1, 0.15) is 36.6 Å². The van der Waals surface area contributed by atoms with Crippen molar-refractivity contribution in [2.45, 2.75) is 26.5 Å². The number of thiazole rings is 1. The summed E-state index contributed by atoms with van der Waals surface area (Å²) in [5.74, 6) is 0.677. The maximum Gasteiger partial charge on any atom is 0.338 e. The lowest BCUT2D eigenvalue weighted by molar-refractivity contribution is -0.384. The molecule has 4 aromatic rings. The van der Waals surface area contributed by atoms with Gasteiger partial charge in [-0.1, -0.05) is 42.2 Å². The summed E-state index contributed by atoms with van der Waals surface area (Å²) in [5.41, 5.74) is 2.74. The fraction of sp³-hybridized carbons (Fsp3) is 0.182. The van der Waals surface area contributed by atoms with Crippen LogP contribution in [0, 0.1) is 10.1 Å². The molecule has 0 saturated heterocycles. The van der Waals surface area contributed by atoms with Crippen LogP contribution in [0.3, 0.4) is 0 Å². The molecule has 1 atom stereocenters. The van der Waals surface area contributed by atoms with Gasteiger partial charge in [0.1, 0.15) is 24.7 Å². The van der Waals surface area contributed by atoms with Gasteiger partial charge in [-0.2, -0.15) is 0 Å². The predicted molar refractivity (Wildman–Crippen MR) is 174 cm³/mol. The number of rotatable bonds is 11. The molecule has 0 aliphatic carbocycles. The Morgan fingerprint density at radius 1 is 1.13 bits per heavy atom. The maximum absolute atomic E-state index is 13.9. The number of esters is 1. The first kappa shape index (κ1) is 31.6. The summed E-state index contributed by atoms with van der Waals surface area (Å²) >= 11 is 4.77. The van der Waals surface area contributed by atoms with Crippen molar-refractivity contribution in [2.24, 2.45) is 4.99 Å². The third-order valence-electron chi connectivity index (χ3n) is 6.88. The molecule has 1 aliphatic rings. The Bertz CT molecular complexity index is 1980. The van der Waals surface area contributed by atoms with Crippen molar-refractivity contribution in [3.05, 3.63) is 142 Å². The minimum atomic E-state index is -0.738. The first-order chi connectivity index (χ1) is 21.7. The van der Waals surface area contributed by atoms with E-state index < -0.39 is 16.9 Å². The monoisotopic (exact) mass is 689 g/mol. The normalized spacial score (nSPS) is 14.4. The van der Waals surface area contributed by atoms with Crippen molar-refractivity contribution in [3.8, 4) is 11.5 Å². The van der Waals surface area contributed by atoms with Crippen molar-refractivity contribution in [1.82, 2.24) is 4.57 Å². The molecule has 10 nitrogen and oxygen atoms in total. The molecule has 1 aromatic heterocycles. The topological polar surface area (TPSA) is 122 Å². The zero-order chi connectivity index (χ0) is 32.1. The van der Waals surface area contributed by atoms with E-state index in [0.717, 1.165) is 11.1 Å². The van der Waals surface area contributed by atoms with Crippen LogP contribution < -0.4 is 24.4 Å². The van der Waals surface area contributed by atoms with Crippen molar-refractivity contribution < 1.29 is 23.9 Å². The van der Waals surface area contributed by atoms with Gasteiger partial charge in [0.05, 0.1) is 37.8 Å². The molecule has 0 N–H and O–H groups in total. The molecule has 0 saturated carbocycles. The van der Waals surface area contributed by atoms with E-state index in [4.69, 9.17) is 14.2 Å².